The van der Waals surface area contributed by atoms with Crippen molar-refractivity contribution in [2.45, 2.75) is 13.1 Å². The maximum absolute atomic E-state index is 12.7. The predicted molar refractivity (Wildman–Crippen MR) is 111 cm³/mol. The zero-order valence-corrected chi connectivity index (χ0v) is 17.1. The molecule has 2 aromatic heterocycles. The summed E-state index contributed by atoms with van der Waals surface area (Å²) >= 11 is 0. The molecule has 0 atom stereocenters. The zero-order chi connectivity index (χ0) is 21.5. The molecule has 0 fully saturated rings. The van der Waals surface area contributed by atoms with Gasteiger partial charge >= 0.3 is 0 Å². The van der Waals surface area contributed by atoms with Gasteiger partial charge in [-0.1, -0.05) is 12.1 Å². The first-order chi connectivity index (χ1) is 14.6. The topological polar surface area (TPSA) is 96.6 Å². The summed E-state index contributed by atoms with van der Waals surface area (Å²) < 4.78 is 18.9. The number of nitrogens with one attached hydrogen (secondary N) is 1. The average Bonchev–Trinajstić information content (AvgIpc) is 3.19. The number of anilines is 1. The van der Waals surface area contributed by atoms with Crippen LogP contribution in [0.25, 0.3) is 0 Å². The first-order valence-corrected chi connectivity index (χ1v) is 9.29. The number of carbonyl (C=O) groups excluding carboxylic acids is 1. The molecule has 9 heteroatoms. The minimum atomic E-state index is -0.347. The monoisotopic (exact) mass is 412 g/mol. The van der Waals surface area contributed by atoms with Crippen LogP contribution in [0.2, 0.25) is 0 Å². The molecule has 30 heavy (non-hydrogen) atoms. The molecule has 2 heterocycles. The van der Waals surface area contributed by atoms with E-state index in [-0.39, 0.29) is 11.5 Å². The van der Waals surface area contributed by atoms with E-state index in [2.05, 4.69) is 10.4 Å². The lowest BCUT2D eigenvalue weighted by atomic mass is 10.2. The van der Waals surface area contributed by atoms with Crippen LogP contribution in [0.4, 0.5) is 5.82 Å². The van der Waals surface area contributed by atoms with Crippen molar-refractivity contribution in [1.29, 1.82) is 0 Å². The number of nitrogens with zero attached hydrogens (tertiary/aromatic N) is 3. The van der Waals surface area contributed by atoms with Gasteiger partial charge in [0, 0.05) is 37.5 Å². The van der Waals surface area contributed by atoms with Gasteiger partial charge in [-0.3, -0.25) is 9.59 Å². The van der Waals surface area contributed by atoms with Gasteiger partial charge in [-0.15, -0.1) is 0 Å². The van der Waals surface area contributed by atoms with Gasteiger partial charge in [0.25, 0.3) is 11.5 Å². The number of carbonyl (C=O) groups is 1. The third kappa shape index (κ3) is 4.69. The molecular formula is C21H24N4O5. The quantitative estimate of drug-likeness (QED) is 0.578. The van der Waals surface area contributed by atoms with Crippen molar-refractivity contribution < 1.29 is 19.0 Å². The Hall–Kier alpha value is -3.59. The Bertz CT molecular complexity index is 1070. The molecule has 0 radical (unpaired) electrons. The van der Waals surface area contributed by atoms with E-state index in [0.29, 0.717) is 42.6 Å². The number of para-hydroxylation sites is 1. The second kappa shape index (κ2) is 9.75. The van der Waals surface area contributed by atoms with Crippen molar-refractivity contribution in [3.8, 4) is 11.5 Å². The molecule has 1 aromatic carbocycles. The van der Waals surface area contributed by atoms with Gasteiger partial charge in [0.15, 0.2) is 11.5 Å². The molecule has 0 aliphatic carbocycles. The normalized spacial score (nSPS) is 10.6. The number of methoxy groups -OCH3 is 3. The molecule has 3 rings (SSSR count). The van der Waals surface area contributed by atoms with Crippen LogP contribution < -0.4 is 20.3 Å². The lowest BCUT2D eigenvalue weighted by Gasteiger charge is -2.14. The highest BCUT2D eigenvalue weighted by Gasteiger charge is 2.14. The van der Waals surface area contributed by atoms with Crippen molar-refractivity contribution in [2.75, 3.05) is 33.3 Å². The van der Waals surface area contributed by atoms with E-state index in [9.17, 15) is 9.59 Å². The van der Waals surface area contributed by atoms with Gasteiger partial charge < -0.3 is 24.1 Å². The molecule has 0 unspecified atom stereocenters. The van der Waals surface area contributed by atoms with Gasteiger partial charge in [-0.05, 0) is 12.1 Å². The number of benzene rings is 1. The third-order valence-electron chi connectivity index (χ3n) is 4.54. The number of ether oxygens (including phenoxy) is 3. The van der Waals surface area contributed by atoms with Crippen LogP contribution in [-0.2, 0) is 17.8 Å². The highest BCUT2D eigenvalue weighted by Crippen LogP contribution is 2.31. The summed E-state index contributed by atoms with van der Waals surface area (Å²) in [5.74, 6) is 1.39. The summed E-state index contributed by atoms with van der Waals surface area (Å²) in [4.78, 5) is 24.7. The van der Waals surface area contributed by atoms with Crippen LogP contribution in [0.3, 0.4) is 0 Å². The summed E-state index contributed by atoms with van der Waals surface area (Å²) in [5, 5.41) is 7.13. The smallest absolute Gasteiger partial charge is 0.258 e. The summed E-state index contributed by atoms with van der Waals surface area (Å²) in [6.07, 6.45) is 3.12. The Balaban J connectivity index is 1.80. The van der Waals surface area contributed by atoms with Crippen molar-refractivity contribution in [3.05, 3.63) is 70.3 Å². The maximum atomic E-state index is 12.7. The fourth-order valence-electron chi connectivity index (χ4n) is 3.02. The fourth-order valence-corrected chi connectivity index (χ4v) is 3.02. The summed E-state index contributed by atoms with van der Waals surface area (Å²) in [6, 6.07) is 10.1. The lowest BCUT2D eigenvalue weighted by Crippen LogP contribution is -2.24. The Labute approximate surface area is 173 Å². The number of hydrogen-bond acceptors (Lipinski definition) is 6. The van der Waals surface area contributed by atoms with E-state index in [4.69, 9.17) is 14.2 Å². The minimum Gasteiger partial charge on any atom is -0.493 e. The maximum Gasteiger partial charge on any atom is 0.258 e. The van der Waals surface area contributed by atoms with E-state index in [1.807, 2.05) is 18.2 Å². The first kappa shape index (κ1) is 21.1. The molecular weight excluding hydrogens is 388 g/mol. The average molecular weight is 412 g/mol. The molecule has 0 aliphatic heterocycles. The second-order valence-corrected chi connectivity index (χ2v) is 6.42. The van der Waals surface area contributed by atoms with E-state index in [1.165, 1.54) is 22.9 Å². The van der Waals surface area contributed by atoms with Crippen molar-refractivity contribution in [3.63, 3.8) is 0 Å². The molecule has 158 valence electrons. The number of pyridine rings is 1. The van der Waals surface area contributed by atoms with Crippen molar-refractivity contribution >= 4 is 11.7 Å². The molecule has 3 aromatic rings. The predicted octanol–water partition coefficient (Wildman–Crippen LogP) is 2.01. The van der Waals surface area contributed by atoms with E-state index < -0.39 is 0 Å². The van der Waals surface area contributed by atoms with Crippen LogP contribution in [0, 0.1) is 0 Å². The van der Waals surface area contributed by atoms with Crippen LogP contribution in [0.5, 0.6) is 11.5 Å². The molecule has 0 saturated carbocycles. The minimum absolute atomic E-state index is 0.196. The zero-order valence-electron chi connectivity index (χ0n) is 17.1. The van der Waals surface area contributed by atoms with Gasteiger partial charge in [0.1, 0.15) is 5.82 Å². The number of amides is 1. The first-order valence-electron chi connectivity index (χ1n) is 9.29. The summed E-state index contributed by atoms with van der Waals surface area (Å²) in [7, 11) is 4.71. The van der Waals surface area contributed by atoms with Gasteiger partial charge in [-0.25, -0.2) is 4.68 Å². The van der Waals surface area contributed by atoms with Gasteiger partial charge in [-0.2, -0.15) is 5.10 Å². The number of hydrogen-bond donors (Lipinski definition) is 1. The van der Waals surface area contributed by atoms with Crippen molar-refractivity contribution in [2.24, 2.45) is 0 Å². The highest BCUT2D eigenvalue weighted by molar-refractivity contribution is 6.03. The molecule has 0 saturated heterocycles. The second-order valence-electron chi connectivity index (χ2n) is 6.42. The Morgan fingerprint density at radius 3 is 2.67 bits per heavy atom. The van der Waals surface area contributed by atoms with Crippen LogP contribution in [-0.4, -0.2) is 48.2 Å². The summed E-state index contributed by atoms with van der Waals surface area (Å²) in [6.45, 7) is 1.11. The van der Waals surface area contributed by atoms with E-state index in [1.54, 1.807) is 38.3 Å². The molecule has 0 spiro atoms. The number of aromatic nitrogens is 3. The Morgan fingerprint density at radius 1 is 1.10 bits per heavy atom. The highest BCUT2D eigenvalue weighted by atomic mass is 16.5. The molecule has 9 nitrogen and oxygen atoms in total. The number of rotatable bonds is 9. The lowest BCUT2D eigenvalue weighted by molar-refractivity contribution is 0.102. The van der Waals surface area contributed by atoms with Gasteiger partial charge in [0.2, 0.25) is 0 Å². The Morgan fingerprint density at radius 2 is 1.93 bits per heavy atom. The third-order valence-corrected chi connectivity index (χ3v) is 4.54. The van der Waals surface area contributed by atoms with Crippen molar-refractivity contribution in [1.82, 2.24) is 14.3 Å². The molecule has 0 bridgehead atoms. The van der Waals surface area contributed by atoms with Crippen LogP contribution >= 0.6 is 0 Å². The van der Waals surface area contributed by atoms with Crippen LogP contribution in [0.15, 0.2) is 53.6 Å². The largest absolute Gasteiger partial charge is 0.493 e. The van der Waals surface area contributed by atoms with E-state index in [0.717, 1.165) is 5.56 Å². The van der Waals surface area contributed by atoms with Gasteiger partial charge in [0.05, 0.1) is 39.1 Å². The molecule has 0 aliphatic rings. The standard InChI is InChI=1S/C21H24N4O5/c1-28-12-11-24-13-16(7-8-19(24)26)21(27)23-18-9-10-22-25(18)14-15-5-4-6-17(29-2)20(15)30-3/h4-10,13H,11-12,14H2,1-3H3,(H,23,27). The SMILES string of the molecule is COCCn1cc(C(=O)Nc2ccnn2Cc2cccc(OC)c2OC)ccc1=O. The molecule has 1 amide bonds. The van der Waals surface area contributed by atoms with E-state index >= 15 is 0 Å². The molecule has 1 N–H and O–H groups in total. The fraction of sp³-hybridized carbons (Fsp3) is 0.286. The van der Waals surface area contributed by atoms with Crippen LogP contribution in [0.1, 0.15) is 15.9 Å². The summed E-state index contributed by atoms with van der Waals surface area (Å²) in [5.41, 5.74) is 1.01. The Kier molecular flexibility index (Phi) is 6.87.